The highest BCUT2D eigenvalue weighted by Crippen LogP contribution is 2.31. The Labute approximate surface area is 93.4 Å². The number of carbonyl (C=O) groups excluding carboxylic acids is 1. The third-order valence-corrected chi connectivity index (χ3v) is 2.66. The zero-order chi connectivity index (χ0) is 12.6. The maximum atomic E-state index is 11.9. The number of ketones is 1. The van der Waals surface area contributed by atoms with Crippen molar-refractivity contribution in [2.75, 3.05) is 5.84 Å². The van der Waals surface area contributed by atoms with Gasteiger partial charge in [0.2, 0.25) is 11.8 Å². The predicted octanol–water partition coefficient (Wildman–Crippen LogP) is 0.0875. The van der Waals surface area contributed by atoms with Crippen LogP contribution in [0.1, 0.15) is 29.8 Å². The van der Waals surface area contributed by atoms with E-state index < -0.39 is 17.7 Å². The van der Waals surface area contributed by atoms with Crippen molar-refractivity contribution in [2.45, 2.75) is 26.8 Å². The average Bonchev–Trinajstić information content (AvgIpc) is 2.41. The van der Waals surface area contributed by atoms with Crippen LogP contribution < -0.4 is 11.6 Å². The molecule has 0 radical (unpaired) electrons. The van der Waals surface area contributed by atoms with E-state index in [1.54, 1.807) is 13.8 Å². The minimum absolute atomic E-state index is 0.0128. The van der Waals surface area contributed by atoms with Gasteiger partial charge in [-0.15, -0.1) is 0 Å². The van der Waals surface area contributed by atoms with Gasteiger partial charge in [-0.25, -0.2) is 0 Å². The summed E-state index contributed by atoms with van der Waals surface area (Å²) in [5.41, 5.74) is 5.92. The van der Waals surface area contributed by atoms with Gasteiger partial charge in [-0.1, -0.05) is 13.8 Å². The molecule has 0 amide bonds. The standard InChI is InChI=1S/C10H17N3O3/c1-4(2)7(11)8(14)6-5(3)9(15)13(12)10(6)16/h4,7,15-16H,11-12H2,1-3H3/t7-/m0/s1. The molecule has 6 heteroatoms. The summed E-state index contributed by atoms with van der Waals surface area (Å²) in [6, 6.07) is -0.730. The molecule has 0 saturated heterocycles. The van der Waals surface area contributed by atoms with Crippen LogP contribution in [0.15, 0.2) is 0 Å². The predicted molar refractivity (Wildman–Crippen MR) is 59.8 cm³/mol. The van der Waals surface area contributed by atoms with Crippen molar-refractivity contribution in [3.8, 4) is 11.8 Å². The third kappa shape index (κ3) is 1.71. The molecule has 1 heterocycles. The van der Waals surface area contributed by atoms with E-state index in [-0.39, 0.29) is 22.9 Å². The maximum Gasteiger partial charge on any atom is 0.224 e. The molecule has 0 bridgehead atoms. The van der Waals surface area contributed by atoms with Crippen molar-refractivity contribution in [2.24, 2.45) is 11.7 Å². The highest BCUT2D eigenvalue weighted by Gasteiger charge is 2.28. The van der Waals surface area contributed by atoms with E-state index in [0.717, 1.165) is 0 Å². The van der Waals surface area contributed by atoms with E-state index in [0.29, 0.717) is 4.68 Å². The number of aromatic hydroxyl groups is 2. The minimum atomic E-state index is -0.730. The Kier molecular flexibility index (Phi) is 3.14. The van der Waals surface area contributed by atoms with Gasteiger partial charge < -0.3 is 21.8 Å². The summed E-state index contributed by atoms with van der Waals surface area (Å²) in [4.78, 5) is 11.9. The van der Waals surface area contributed by atoms with Crippen LogP contribution in [0.5, 0.6) is 11.8 Å². The van der Waals surface area contributed by atoms with Gasteiger partial charge in [0.1, 0.15) is 0 Å². The third-order valence-electron chi connectivity index (χ3n) is 2.66. The molecule has 0 spiro atoms. The molecule has 90 valence electrons. The first-order valence-corrected chi connectivity index (χ1v) is 4.97. The molecule has 0 aromatic carbocycles. The highest BCUT2D eigenvalue weighted by atomic mass is 16.3. The zero-order valence-electron chi connectivity index (χ0n) is 9.56. The first-order chi connectivity index (χ1) is 7.29. The molecular weight excluding hydrogens is 210 g/mol. The number of rotatable bonds is 3. The smallest absolute Gasteiger partial charge is 0.224 e. The zero-order valence-corrected chi connectivity index (χ0v) is 9.56. The van der Waals surface area contributed by atoms with Crippen LogP contribution in [0.2, 0.25) is 0 Å². The Hall–Kier alpha value is -1.69. The average molecular weight is 227 g/mol. The summed E-state index contributed by atoms with van der Waals surface area (Å²) in [7, 11) is 0. The molecule has 6 nitrogen and oxygen atoms in total. The van der Waals surface area contributed by atoms with Crippen molar-refractivity contribution in [1.82, 2.24) is 4.68 Å². The first-order valence-electron chi connectivity index (χ1n) is 4.97. The Morgan fingerprint density at radius 3 is 2.12 bits per heavy atom. The van der Waals surface area contributed by atoms with E-state index in [9.17, 15) is 15.0 Å². The van der Waals surface area contributed by atoms with Crippen LogP contribution in [0.4, 0.5) is 0 Å². The Balaban J connectivity index is 3.24. The second kappa shape index (κ2) is 4.05. The molecule has 1 rings (SSSR count). The number of carbonyl (C=O) groups is 1. The summed E-state index contributed by atoms with van der Waals surface area (Å²) in [6.45, 7) is 5.10. The van der Waals surface area contributed by atoms with Crippen molar-refractivity contribution < 1.29 is 15.0 Å². The van der Waals surface area contributed by atoms with E-state index in [1.165, 1.54) is 6.92 Å². The normalized spacial score (nSPS) is 13.1. The van der Waals surface area contributed by atoms with E-state index in [4.69, 9.17) is 11.6 Å². The molecule has 1 atom stereocenters. The van der Waals surface area contributed by atoms with Gasteiger partial charge in [0.05, 0.1) is 11.6 Å². The minimum Gasteiger partial charge on any atom is -0.493 e. The lowest BCUT2D eigenvalue weighted by Gasteiger charge is -2.13. The van der Waals surface area contributed by atoms with Crippen LogP contribution in [0.3, 0.4) is 0 Å². The lowest BCUT2D eigenvalue weighted by molar-refractivity contribution is 0.0937. The fourth-order valence-electron chi connectivity index (χ4n) is 1.45. The van der Waals surface area contributed by atoms with Crippen LogP contribution in [-0.4, -0.2) is 26.7 Å². The molecule has 0 aliphatic carbocycles. The summed E-state index contributed by atoms with van der Waals surface area (Å²) in [6.07, 6.45) is 0. The van der Waals surface area contributed by atoms with E-state index in [1.807, 2.05) is 0 Å². The van der Waals surface area contributed by atoms with Crippen LogP contribution >= 0.6 is 0 Å². The van der Waals surface area contributed by atoms with Gasteiger partial charge in [0.15, 0.2) is 5.78 Å². The molecule has 6 N–H and O–H groups in total. The number of nitrogens with two attached hydrogens (primary N) is 2. The molecule has 0 saturated carbocycles. The fourth-order valence-corrected chi connectivity index (χ4v) is 1.45. The molecule has 0 unspecified atom stereocenters. The highest BCUT2D eigenvalue weighted by molar-refractivity contribution is 6.04. The molecule has 16 heavy (non-hydrogen) atoms. The number of nitrogens with zero attached hydrogens (tertiary/aromatic N) is 1. The maximum absolute atomic E-state index is 11.9. The Morgan fingerprint density at radius 1 is 1.31 bits per heavy atom. The lowest BCUT2D eigenvalue weighted by atomic mass is 9.95. The van der Waals surface area contributed by atoms with Gasteiger partial charge in [-0.3, -0.25) is 4.79 Å². The Morgan fingerprint density at radius 2 is 1.81 bits per heavy atom. The van der Waals surface area contributed by atoms with Crippen LogP contribution in [0.25, 0.3) is 0 Å². The van der Waals surface area contributed by atoms with Crippen molar-refractivity contribution in [3.05, 3.63) is 11.1 Å². The summed E-state index contributed by atoms with van der Waals surface area (Å²) >= 11 is 0. The van der Waals surface area contributed by atoms with Gasteiger partial charge in [0, 0.05) is 5.56 Å². The second-order valence-corrected chi connectivity index (χ2v) is 4.15. The monoisotopic (exact) mass is 227 g/mol. The first kappa shape index (κ1) is 12.4. The number of Topliss-reactive ketones (excluding diaryl/α,β-unsaturated/α-hetero) is 1. The van der Waals surface area contributed by atoms with Gasteiger partial charge in [-0.2, -0.15) is 4.68 Å². The van der Waals surface area contributed by atoms with Crippen molar-refractivity contribution in [1.29, 1.82) is 0 Å². The number of hydrogen-bond donors (Lipinski definition) is 4. The molecular formula is C10H17N3O3. The quantitative estimate of drug-likeness (QED) is 0.431. The SMILES string of the molecule is Cc1c(C(=O)[C@@H](N)C(C)C)c(O)n(N)c1O. The van der Waals surface area contributed by atoms with E-state index >= 15 is 0 Å². The van der Waals surface area contributed by atoms with Gasteiger partial charge >= 0.3 is 0 Å². The van der Waals surface area contributed by atoms with Crippen molar-refractivity contribution in [3.63, 3.8) is 0 Å². The van der Waals surface area contributed by atoms with Crippen LogP contribution in [0, 0.1) is 12.8 Å². The summed E-state index contributed by atoms with van der Waals surface area (Å²) < 4.78 is 0.662. The topological polar surface area (TPSA) is 114 Å². The number of hydrogen-bond acceptors (Lipinski definition) is 5. The molecule has 0 fully saturated rings. The molecule has 0 aliphatic heterocycles. The summed E-state index contributed by atoms with van der Waals surface area (Å²) in [5, 5.41) is 19.1. The number of nitrogen functional groups attached to an aromatic ring is 1. The number of aromatic nitrogens is 1. The van der Waals surface area contributed by atoms with Gasteiger partial charge in [0.25, 0.3) is 0 Å². The molecule has 1 aromatic rings. The largest absolute Gasteiger partial charge is 0.493 e. The van der Waals surface area contributed by atoms with Crippen LogP contribution in [-0.2, 0) is 0 Å². The fraction of sp³-hybridized carbons (Fsp3) is 0.500. The lowest BCUT2D eigenvalue weighted by Crippen LogP contribution is -2.35. The second-order valence-electron chi connectivity index (χ2n) is 4.15. The summed E-state index contributed by atoms with van der Waals surface area (Å²) in [5.74, 6) is 4.06. The Bertz CT molecular complexity index is 398. The van der Waals surface area contributed by atoms with E-state index in [2.05, 4.69) is 0 Å². The van der Waals surface area contributed by atoms with Gasteiger partial charge in [-0.05, 0) is 12.8 Å². The molecule has 0 aliphatic rings. The van der Waals surface area contributed by atoms with Crippen molar-refractivity contribution >= 4 is 5.78 Å². The molecule has 1 aromatic heterocycles.